The molecule has 1 fully saturated rings. The van der Waals surface area contributed by atoms with Crippen molar-refractivity contribution in [2.24, 2.45) is 0 Å². The predicted octanol–water partition coefficient (Wildman–Crippen LogP) is 1.96. The van der Waals surface area contributed by atoms with Crippen molar-refractivity contribution in [3.8, 4) is 0 Å². The van der Waals surface area contributed by atoms with Crippen LogP contribution in [0.25, 0.3) is 0 Å². The molecular formula is C15H27N5O2. The summed E-state index contributed by atoms with van der Waals surface area (Å²) in [7, 11) is 0. The van der Waals surface area contributed by atoms with Crippen LogP contribution in [0.4, 0.5) is 4.79 Å². The topological polar surface area (TPSA) is 72.3 Å². The van der Waals surface area contributed by atoms with E-state index in [2.05, 4.69) is 27.0 Å². The van der Waals surface area contributed by atoms with Crippen molar-refractivity contribution in [1.82, 2.24) is 25.0 Å². The van der Waals surface area contributed by atoms with Crippen molar-refractivity contribution >= 4 is 6.09 Å². The Morgan fingerprint density at radius 3 is 2.64 bits per heavy atom. The molecule has 0 spiro atoms. The molecular weight excluding hydrogens is 282 g/mol. The van der Waals surface area contributed by atoms with Gasteiger partial charge < -0.3 is 19.5 Å². The molecule has 124 valence electrons. The van der Waals surface area contributed by atoms with E-state index in [1.807, 2.05) is 20.8 Å². The Labute approximate surface area is 132 Å². The minimum atomic E-state index is -0.361. The summed E-state index contributed by atoms with van der Waals surface area (Å²) < 4.78 is 7.32. The van der Waals surface area contributed by atoms with Gasteiger partial charge >= 0.3 is 6.09 Å². The number of nitrogens with one attached hydrogen (secondary N) is 1. The van der Waals surface area contributed by atoms with Crippen molar-refractivity contribution in [2.45, 2.75) is 58.7 Å². The molecule has 3 heterocycles. The maximum atomic E-state index is 11.4. The molecule has 22 heavy (non-hydrogen) atoms. The second kappa shape index (κ2) is 7.09. The number of hydrogen-bond donors (Lipinski definition) is 1. The van der Waals surface area contributed by atoms with Crippen molar-refractivity contribution in [1.29, 1.82) is 0 Å². The molecule has 1 aromatic rings. The molecule has 1 amide bonds. The summed E-state index contributed by atoms with van der Waals surface area (Å²) in [5, 5.41) is 11.0. The quantitative estimate of drug-likeness (QED) is 0.793. The van der Waals surface area contributed by atoms with Gasteiger partial charge in [-0.25, -0.2) is 4.79 Å². The maximum absolute atomic E-state index is 11.4. The summed E-state index contributed by atoms with van der Waals surface area (Å²) in [5.41, 5.74) is -0.361. The highest BCUT2D eigenvalue weighted by Crippen LogP contribution is 2.14. The zero-order valence-corrected chi connectivity index (χ0v) is 14.0. The van der Waals surface area contributed by atoms with Gasteiger partial charge in [-0.1, -0.05) is 0 Å². The van der Waals surface area contributed by atoms with Gasteiger partial charge in [0.2, 0.25) is 0 Å². The summed E-state index contributed by atoms with van der Waals surface area (Å²) in [6.07, 6.45) is 3.85. The molecule has 0 aromatic carbocycles. The van der Waals surface area contributed by atoms with E-state index in [-0.39, 0.29) is 11.7 Å². The number of aromatic nitrogens is 3. The summed E-state index contributed by atoms with van der Waals surface area (Å²) in [5.74, 6) is 1.04. The van der Waals surface area contributed by atoms with Crippen molar-refractivity contribution in [2.75, 3.05) is 19.6 Å². The summed E-state index contributed by atoms with van der Waals surface area (Å²) >= 11 is 0. The number of likely N-dealkylation sites (tertiary alicyclic amines) is 1. The summed E-state index contributed by atoms with van der Waals surface area (Å²) in [4.78, 5) is 13.1. The van der Waals surface area contributed by atoms with Crippen LogP contribution in [0.2, 0.25) is 0 Å². The first-order chi connectivity index (χ1) is 10.4. The molecule has 1 unspecified atom stereocenters. The van der Waals surface area contributed by atoms with E-state index >= 15 is 0 Å². The van der Waals surface area contributed by atoms with Crippen molar-refractivity contribution < 1.29 is 9.53 Å². The molecule has 2 aliphatic rings. The molecule has 3 rings (SSSR count). The molecule has 1 saturated heterocycles. The first kappa shape index (κ1) is 16.7. The number of amides is 1. The van der Waals surface area contributed by atoms with Crippen molar-refractivity contribution in [3.63, 3.8) is 0 Å². The third-order valence-electron chi connectivity index (χ3n) is 3.60. The average Bonchev–Trinajstić information content (AvgIpc) is 3.10. The maximum Gasteiger partial charge on any atom is 0.410 e. The van der Waals surface area contributed by atoms with Crippen molar-refractivity contribution in [3.05, 3.63) is 12.2 Å². The van der Waals surface area contributed by atoms with E-state index < -0.39 is 0 Å². The largest absolute Gasteiger partial charge is 0.444 e. The van der Waals surface area contributed by atoms with Gasteiger partial charge in [0.15, 0.2) is 0 Å². The number of hydrogen-bond acceptors (Lipinski definition) is 5. The van der Waals surface area contributed by atoms with E-state index in [1.165, 1.54) is 0 Å². The van der Waals surface area contributed by atoms with Gasteiger partial charge in [-0.3, -0.25) is 0 Å². The fourth-order valence-corrected chi connectivity index (χ4v) is 2.48. The van der Waals surface area contributed by atoms with Crippen LogP contribution in [0.3, 0.4) is 0 Å². The molecule has 1 atom stereocenters. The Morgan fingerprint density at radius 2 is 2.05 bits per heavy atom. The van der Waals surface area contributed by atoms with Crippen LogP contribution in [0.5, 0.6) is 0 Å². The molecule has 1 N–H and O–H groups in total. The lowest BCUT2D eigenvalue weighted by atomic mass is 10.2. The predicted molar refractivity (Wildman–Crippen MR) is 83.5 cm³/mol. The highest BCUT2D eigenvalue weighted by molar-refractivity contribution is 5.68. The number of rotatable bonds is 0. The third kappa shape index (κ3) is 4.69. The van der Waals surface area contributed by atoms with Gasteiger partial charge in [0.25, 0.3) is 0 Å². The molecule has 0 radical (unpaired) electrons. The van der Waals surface area contributed by atoms with Crippen LogP contribution in [0.1, 0.15) is 52.4 Å². The summed E-state index contributed by atoms with van der Waals surface area (Å²) in [6.45, 7) is 11.4. The molecule has 7 heteroatoms. The van der Waals surface area contributed by atoms with Crippen LogP contribution in [0.15, 0.2) is 6.33 Å². The fraction of sp³-hybridized carbons (Fsp3) is 0.800. The van der Waals surface area contributed by atoms with E-state index in [0.29, 0.717) is 6.04 Å². The van der Waals surface area contributed by atoms with E-state index in [1.54, 1.807) is 11.2 Å². The van der Waals surface area contributed by atoms with Gasteiger partial charge in [-0.15, -0.1) is 10.2 Å². The van der Waals surface area contributed by atoms with Gasteiger partial charge in [0.05, 0.1) is 6.54 Å². The first-order valence-electron chi connectivity index (χ1n) is 7.94. The minimum Gasteiger partial charge on any atom is -0.444 e. The minimum absolute atomic E-state index is 0.167. The van der Waals surface area contributed by atoms with Crippen LogP contribution in [-0.4, -0.2) is 51.0 Å². The highest BCUT2D eigenvalue weighted by atomic mass is 16.6. The Kier molecular flexibility index (Phi) is 5.39. The number of fused-ring (bicyclic) bond motifs is 1. The molecule has 7 nitrogen and oxygen atoms in total. The molecule has 0 bridgehead atoms. The third-order valence-corrected chi connectivity index (χ3v) is 3.60. The number of carbonyl (C=O) groups is 1. The smallest absolute Gasteiger partial charge is 0.410 e. The van der Waals surface area contributed by atoms with Gasteiger partial charge in [-0.05, 0) is 40.5 Å². The lowest BCUT2D eigenvalue weighted by Gasteiger charge is -2.23. The Morgan fingerprint density at radius 1 is 1.36 bits per heavy atom. The lowest BCUT2D eigenvalue weighted by Crippen LogP contribution is -2.34. The monoisotopic (exact) mass is 309 g/mol. The SMILES string of the molecule is CC(C)(C)OC(=O)N1CCCC1.CC1CNCc2nncn21. The average molecular weight is 309 g/mol. The lowest BCUT2D eigenvalue weighted by molar-refractivity contribution is 0.0295. The second-order valence-corrected chi connectivity index (χ2v) is 6.81. The Hall–Kier alpha value is -1.63. The fourth-order valence-electron chi connectivity index (χ4n) is 2.48. The molecule has 1 aromatic heterocycles. The summed E-state index contributed by atoms with van der Waals surface area (Å²) in [6, 6.07) is 0.499. The van der Waals surface area contributed by atoms with Gasteiger partial charge in [0, 0.05) is 25.7 Å². The molecule has 0 saturated carbocycles. The van der Waals surface area contributed by atoms with Crippen LogP contribution in [0, 0.1) is 0 Å². The number of ether oxygens (including phenoxy) is 1. The number of nitrogens with zero attached hydrogens (tertiary/aromatic N) is 4. The zero-order chi connectivity index (χ0) is 16.2. The molecule has 2 aliphatic heterocycles. The van der Waals surface area contributed by atoms with E-state index in [4.69, 9.17) is 4.74 Å². The second-order valence-electron chi connectivity index (χ2n) is 6.81. The zero-order valence-electron chi connectivity index (χ0n) is 14.0. The van der Waals surface area contributed by atoms with Crippen LogP contribution in [-0.2, 0) is 11.3 Å². The Bertz CT molecular complexity index is 488. The van der Waals surface area contributed by atoms with Gasteiger partial charge in [-0.2, -0.15) is 0 Å². The standard InChI is InChI=1S/C9H17NO2.C6H10N4/c1-9(2,3)12-8(11)10-6-4-5-7-10;1-5-2-7-3-6-9-8-4-10(5)6/h4-7H2,1-3H3;4-5,7H,2-3H2,1H3. The first-order valence-corrected chi connectivity index (χ1v) is 7.94. The van der Waals surface area contributed by atoms with Crippen LogP contribution >= 0.6 is 0 Å². The van der Waals surface area contributed by atoms with E-state index in [9.17, 15) is 4.79 Å². The Balaban J connectivity index is 0.000000162. The molecule has 0 aliphatic carbocycles. The van der Waals surface area contributed by atoms with Crippen LogP contribution < -0.4 is 5.32 Å². The normalized spacial score (nSPS) is 20.9. The van der Waals surface area contributed by atoms with Gasteiger partial charge in [0.1, 0.15) is 17.8 Å². The highest BCUT2D eigenvalue weighted by Gasteiger charge is 2.23. The number of carbonyl (C=O) groups excluding carboxylic acids is 1. The van der Waals surface area contributed by atoms with E-state index in [0.717, 1.165) is 44.8 Å².